The van der Waals surface area contributed by atoms with E-state index < -0.39 is 5.97 Å². The number of hydrogen-bond donors (Lipinski definition) is 2. The zero-order chi connectivity index (χ0) is 24.9. The van der Waals surface area contributed by atoms with Gasteiger partial charge in [0.25, 0.3) is 0 Å². The molecule has 1 unspecified atom stereocenters. The number of benzene rings is 3. The van der Waals surface area contributed by atoms with E-state index in [9.17, 15) is 9.59 Å². The lowest BCUT2D eigenvalue weighted by atomic mass is 9.82. The normalized spacial score (nSPS) is 15.0. The number of aliphatic carboxylic acids is 1. The Morgan fingerprint density at radius 2 is 1.69 bits per heavy atom. The first kappa shape index (κ1) is 23.7. The molecule has 0 aliphatic heterocycles. The van der Waals surface area contributed by atoms with Gasteiger partial charge in [-0.2, -0.15) is 0 Å². The molecule has 1 heterocycles. The largest absolute Gasteiger partial charge is 0.482 e. The minimum Gasteiger partial charge on any atom is -0.482 e. The summed E-state index contributed by atoms with van der Waals surface area (Å²) >= 11 is 0. The van der Waals surface area contributed by atoms with Crippen LogP contribution in [-0.4, -0.2) is 27.2 Å². The van der Waals surface area contributed by atoms with Crippen LogP contribution in [0.4, 0.5) is 0 Å². The standard InChI is InChI=1S/C30H30N2O4/c33-28(34)20-36-27-13-7-12-24-18-21(14-15-25(24)27)16-17-32-19-26(31-30(32)35)29(22-8-3-1-4-9-22)23-10-5-2-6-11-23/h1-13,19,21,29H,14-18,20H2,(H,31,35)(H,33,34). The number of H-pyrrole nitrogens is 1. The molecule has 0 radical (unpaired) electrons. The predicted octanol–water partition coefficient (Wildman–Crippen LogP) is 5.02. The van der Waals surface area contributed by atoms with E-state index in [2.05, 4.69) is 35.3 Å². The molecule has 2 N–H and O–H groups in total. The third-order valence-corrected chi connectivity index (χ3v) is 7.05. The maximum atomic E-state index is 12.9. The highest BCUT2D eigenvalue weighted by atomic mass is 16.5. The number of carboxylic acids is 1. The van der Waals surface area contributed by atoms with Gasteiger partial charge in [-0.3, -0.25) is 4.57 Å². The van der Waals surface area contributed by atoms with Crippen molar-refractivity contribution in [3.05, 3.63) is 123 Å². The topological polar surface area (TPSA) is 84.3 Å². The molecule has 0 amide bonds. The summed E-state index contributed by atoms with van der Waals surface area (Å²) in [6.45, 7) is 0.326. The minimum absolute atomic E-state index is 0.0351. The Bertz CT molecular complexity index is 1340. The zero-order valence-corrected chi connectivity index (χ0v) is 20.1. The first-order chi connectivity index (χ1) is 17.6. The molecular weight excluding hydrogens is 452 g/mol. The summed E-state index contributed by atoms with van der Waals surface area (Å²) in [7, 11) is 0. The molecule has 36 heavy (non-hydrogen) atoms. The number of aryl methyl sites for hydroxylation is 1. The Morgan fingerprint density at radius 3 is 2.36 bits per heavy atom. The molecule has 0 fully saturated rings. The second-order valence-electron chi connectivity index (χ2n) is 9.44. The van der Waals surface area contributed by atoms with Crippen LogP contribution < -0.4 is 10.4 Å². The minimum atomic E-state index is -0.973. The fourth-order valence-corrected chi connectivity index (χ4v) is 5.30. The molecule has 1 aliphatic rings. The SMILES string of the molecule is O=C(O)COc1cccc2c1CCC(CCn1cc(C(c3ccccc3)c3ccccc3)[nH]c1=O)C2. The van der Waals surface area contributed by atoms with Gasteiger partial charge in [0.2, 0.25) is 0 Å². The number of rotatable bonds is 9. The molecule has 0 saturated carbocycles. The van der Waals surface area contributed by atoms with Crippen LogP contribution in [-0.2, 0) is 24.2 Å². The van der Waals surface area contributed by atoms with Crippen LogP contribution in [0.5, 0.6) is 5.75 Å². The monoisotopic (exact) mass is 482 g/mol. The van der Waals surface area contributed by atoms with E-state index >= 15 is 0 Å². The van der Waals surface area contributed by atoms with Crippen molar-refractivity contribution in [3.63, 3.8) is 0 Å². The van der Waals surface area contributed by atoms with Crippen LogP contribution in [0.2, 0.25) is 0 Å². The van der Waals surface area contributed by atoms with E-state index in [4.69, 9.17) is 9.84 Å². The molecule has 184 valence electrons. The van der Waals surface area contributed by atoms with E-state index in [0.717, 1.165) is 48.1 Å². The average Bonchev–Trinajstić information content (AvgIpc) is 3.27. The number of imidazole rings is 1. The van der Waals surface area contributed by atoms with Crippen molar-refractivity contribution in [2.24, 2.45) is 5.92 Å². The number of aromatic nitrogens is 2. The highest BCUT2D eigenvalue weighted by molar-refractivity contribution is 5.68. The Hall–Kier alpha value is -4.06. The molecule has 5 rings (SSSR count). The number of nitrogens with one attached hydrogen (secondary N) is 1. The van der Waals surface area contributed by atoms with Gasteiger partial charge in [-0.05, 0) is 59.9 Å². The number of ether oxygens (including phenoxy) is 1. The molecule has 1 aromatic heterocycles. The number of carbonyl (C=O) groups is 1. The van der Waals surface area contributed by atoms with Crippen molar-refractivity contribution in [2.75, 3.05) is 6.61 Å². The van der Waals surface area contributed by atoms with Crippen LogP contribution in [0.1, 0.15) is 46.7 Å². The van der Waals surface area contributed by atoms with Gasteiger partial charge in [-0.1, -0.05) is 72.8 Å². The van der Waals surface area contributed by atoms with Crippen LogP contribution in [0.15, 0.2) is 89.9 Å². The summed E-state index contributed by atoms with van der Waals surface area (Å²) < 4.78 is 7.30. The van der Waals surface area contributed by atoms with Crippen molar-refractivity contribution in [3.8, 4) is 5.75 Å². The number of fused-ring (bicyclic) bond motifs is 1. The summed E-state index contributed by atoms with van der Waals surface area (Å²) in [5, 5.41) is 8.93. The van der Waals surface area contributed by atoms with Crippen LogP contribution in [0, 0.1) is 5.92 Å². The van der Waals surface area contributed by atoms with Gasteiger partial charge < -0.3 is 14.8 Å². The predicted molar refractivity (Wildman–Crippen MR) is 139 cm³/mol. The molecule has 6 heteroatoms. The first-order valence-electron chi connectivity index (χ1n) is 12.4. The number of aromatic amines is 1. The Morgan fingerprint density at radius 1 is 1.00 bits per heavy atom. The number of carboxylic acid groups (broad SMARTS) is 1. The Kier molecular flexibility index (Phi) is 7.03. The summed E-state index contributed by atoms with van der Waals surface area (Å²) in [6, 6.07) is 26.4. The maximum absolute atomic E-state index is 12.9. The summed E-state index contributed by atoms with van der Waals surface area (Å²) in [4.78, 5) is 26.9. The molecule has 6 nitrogen and oxygen atoms in total. The van der Waals surface area contributed by atoms with Crippen LogP contribution in [0.3, 0.4) is 0 Å². The molecule has 0 spiro atoms. The lowest BCUT2D eigenvalue weighted by molar-refractivity contribution is -0.139. The average molecular weight is 483 g/mol. The zero-order valence-electron chi connectivity index (χ0n) is 20.1. The first-order valence-corrected chi connectivity index (χ1v) is 12.4. The Balaban J connectivity index is 1.30. The lowest BCUT2D eigenvalue weighted by Crippen LogP contribution is -2.21. The summed E-state index contributed by atoms with van der Waals surface area (Å²) in [5.41, 5.74) is 5.42. The lowest BCUT2D eigenvalue weighted by Gasteiger charge is -2.26. The van der Waals surface area contributed by atoms with E-state index in [1.807, 2.05) is 54.7 Å². The molecule has 1 aliphatic carbocycles. The molecule has 0 bridgehead atoms. The van der Waals surface area contributed by atoms with Gasteiger partial charge in [0.1, 0.15) is 5.75 Å². The van der Waals surface area contributed by atoms with Gasteiger partial charge in [0.05, 0.1) is 5.92 Å². The molecular formula is C30H30N2O4. The second kappa shape index (κ2) is 10.7. The van der Waals surface area contributed by atoms with E-state index in [-0.39, 0.29) is 18.2 Å². The summed E-state index contributed by atoms with van der Waals surface area (Å²) in [5.74, 6) is 0.121. The van der Waals surface area contributed by atoms with Crippen molar-refractivity contribution < 1.29 is 14.6 Å². The van der Waals surface area contributed by atoms with Crippen molar-refractivity contribution in [1.82, 2.24) is 9.55 Å². The van der Waals surface area contributed by atoms with Crippen molar-refractivity contribution in [1.29, 1.82) is 0 Å². The molecule has 3 aromatic carbocycles. The molecule has 0 saturated heterocycles. The second-order valence-corrected chi connectivity index (χ2v) is 9.44. The third-order valence-electron chi connectivity index (χ3n) is 7.05. The quantitative estimate of drug-likeness (QED) is 0.351. The Labute approximate surface area is 210 Å². The maximum Gasteiger partial charge on any atom is 0.341 e. The number of hydrogen-bond acceptors (Lipinski definition) is 3. The molecule has 1 atom stereocenters. The third kappa shape index (κ3) is 5.28. The fraction of sp³-hybridized carbons (Fsp3) is 0.267. The van der Waals surface area contributed by atoms with Gasteiger partial charge in [-0.15, -0.1) is 0 Å². The van der Waals surface area contributed by atoms with Crippen LogP contribution in [0.25, 0.3) is 0 Å². The van der Waals surface area contributed by atoms with E-state index in [0.29, 0.717) is 18.2 Å². The smallest absolute Gasteiger partial charge is 0.341 e. The van der Waals surface area contributed by atoms with Crippen molar-refractivity contribution >= 4 is 5.97 Å². The van der Waals surface area contributed by atoms with Crippen molar-refractivity contribution in [2.45, 2.75) is 38.1 Å². The fourth-order valence-electron chi connectivity index (χ4n) is 5.30. The van der Waals surface area contributed by atoms with Crippen LogP contribution >= 0.6 is 0 Å². The van der Waals surface area contributed by atoms with Gasteiger partial charge >= 0.3 is 11.7 Å². The summed E-state index contributed by atoms with van der Waals surface area (Å²) in [6.07, 6.45) is 5.62. The highest BCUT2D eigenvalue weighted by Crippen LogP contribution is 2.34. The van der Waals surface area contributed by atoms with E-state index in [1.165, 1.54) is 5.56 Å². The van der Waals surface area contributed by atoms with Gasteiger partial charge in [0.15, 0.2) is 6.61 Å². The number of nitrogens with zero attached hydrogens (tertiary/aromatic N) is 1. The molecule has 4 aromatic rings. The van der Waals surface area contributed by atoms with Gasteiger partial charge in [0, 0.05) is 18.4 Å². The highest BCUT2D eigenvalue weighted by Gasteiger charge is 2.23. The van der Waals surface area contributed by atoms with Gasteiger partial charge in [-0.25, -0.2) is 9.59 Å². The van der Waals surface area contributed by atoms with E-state index in [1.54, 1.807) is 4.57 Å².